The zero-order chi connectivity index (χ0) is 17.7. The van der Waals surface area contributed by atoms with Gasteiger partial charge in [-0.1, -0.05) is 35.5 Å². The number of carboxylic acid groups (broad SMARTS) is 1. The summed E-state index contributed by atoms with van der Waals surface area (Å²) >= 11 is 1.25. The summed E-state index contributed by atoms with van der Waals surface area (Å²) in [7, 11) is 0. The lowest BCUT2D eigenvalue weighted by atomic mass is 10.1. The number of rotatable bonds is 5. The topological polar surface area (TPSA) is 104 Å². The summed E-state index contributed by atoms with van der Waals surface area (Å²) < 4.78 is 0. The van der Waals surface area contributed by atoms with Gasteiger partial charge in [0, 0.05) is 11.0 Å². The molecule has 0 radical (unpaired) electrons. The molecule has 0 amide bonds. The third kappa shape index (κ3) is 4.21. The third-order valence-electron chi connectivity index (χ3n) is 3.09. The zero-order valence-corrected chi connectivity index (χ0v) is 13.4. The van der Waals surface area contributed by atoms with Crippen LogP contribution in [0.3, 0.4) is 0 Å². The molecule has 120 valence electrons. The Labute approximate surface area is 142 Å². The molecular weight excluding hydrogens is 328 g/mol. The molecule has 0 aromatic heterocycles. The Kier molecular flexibility index (Phi) is 5.35. The van der Waals surface area contributed by atoms with Gasteiger partial charge >= 0.3 is 5.97 Å². The van der Waals surface area contributed by atoms with Gasteiger partial charge in [-0.15, -0.1) is 0 Å². The number of nitro benzene ring substituents is 1. The molecule has 0 saturated carbocycles. The smallest absolute Gasteiger partial charge is 0.346 e. The van der Waals surface area contributed by atoms with Gasteiger partial charge in [-0.25, -0.2) is 4.79 Å². The van der Waals surface area contributed by atoms with E-state index < -0.39 is 16.5 Å². The number of nitro groups is 1. The fourth-order valence-electron chi connectivity index (χ4n) is 1.89. The molecule has 2 rings (SSSR count). The van der Waals surface area contributed by atoms with E-state index in [1.165, 1.54) is 17.8 Å². The molecule has 0 aliphatic heterocycles. The maximum Gasteiger partial charge on any atom is 0.346 e. The summed E-state index contributed by atoms with van der Waals surface area (Å²) in [5, 5.41) is 28.9. The molecule has 7 heteroatoms. The second-order valence-electron chi connectivity index (χ2n) is 4.87. The van der Waals surface area contributed by atoms with Crippen molar-refractivity contribution in [3.05, 3.63) is 69.3 Å². The second kappa shape index (κ2) is 7.44. The van der Waals surface area contributed by atoms with E-state index in [4.69, 9.17) is 10.4 Å². The normalized spacial score (nSPS) is 10.9. The maximum absolute atomic E-state index is 11.3. The Morgan fingerprint density at radius 1 is 1.29 bits per heavy atom. The van der Waals surface area contributed by atoms with Crippen molar-refractivity contribution in [2.24, 2.45) is 0 Å². The molecule has 0 bridgehead atoms. The van der Waals surface area contributed by atoms with Crippen molar-refractivity contribution in [3.63, 3.8) is 0 Å². The first-order valence-corrected chi connectivity index (χ1v) is 7.60. The first kappa shape index (κ1) is 17.2. The van der Waals surface area contributed by atoms with Crippen molar-refractivity contribution in [2.45, 2.75) is 16.7 Å². The molecule has 2 aromatic rings. The van der Waals surface area contributed by atoms with Crippen molar-refractivity contribution >= 4 is 29.5 Å². The molecule has 0 saturated heterocycles. The van der Waals surface area contributed by atoms with Gasteiger partial charge in [-0.05, 0) is 36.8 Å². The van der Waals surface area contributed by atoms with Gasteiger partial charge in [0.15, 0.2) is 0 Å². The van der Waals surface area contributed by atoms with E-state index in [0.717, 1.165) is 16.5 Å². The van der Waals surface area contributed by atoms with Crippen LogP contribution in [-0.2, 0) is 4.79 Å². The van der Waals surface area contributed by atoms with Gasteiger partial charge in [0.2, 0.25) is 0 Å². The number of hydrogen-bond acceptors (Lipinski definition) is 5. The van der Waals surface area contributed by atoms with E-state index in [0.29, 0.717) is 4.90 Å². The Morgan fingerprint density at radius 3 is 2.50 bits per heavy atom. The number of hydrogen-bond donors (Lipinski definition) is 1. The van der Waals surface area contributed by atoms with Crippen LogP contribution in [0.5, 0.6) is 0 Å². The minimum absolute atomic E-state index is 0.142. The monoisotopic (exact) mass is 340 g/mol. The SMILES string of the molecule is Cc1ccc(Sc2ccc(/C=C(/C#N)C(=O)O)cc2[N+](=O)[O-])cc1. The highest BCUT2D eigenvalue weighted by Gasteiger charge is 2.16. The van der Waals surface area contributed by atoms with Crippen molar-refractivity contribution < 1.29 is 14.8 Å². The van der Waals surface area contributed by atoms with Gasteiger partial charge < -0.3 is 5.11 Å². The van der Waals surface area contributed by atoms with Crippen LogP contribution in [0.1, 0.15) is 11.1 Å². The molecule has 0 aliphatic carbocycles. The zero-order valence-electron chi connectivity index (χ0n) is 12.6. The van der Waals surface area contributed by atoms with Crippen LogP contribution in [0.15, 0.2) is 57.8 Å². The van der Waals surface area contributed by atoms with E-state index >= 15 is 0 Å². The Bertz CT molecular complexity index is 867. The van der Waals surface area contributed by atoms with Gasteiger partial charge in [-0.3, -0.25) is 10.1 Å². The number of carboxylic acids is 1. The summed E-state index contributed by atoms with van der Waals surface area (Å²) in [6, 6.07) is 13.5. The molecule has 1 N–H and O–H groups in total. The summed E-state index contributed by atoms with van der Waals surface area (Å²) in [5.41, 5.74) is 0.751. The third-order valence-corrected chi connectivity index (χ3v) is 4.16. The van der Waals surface area contributed by atoms with Crippen LogP contribution in [-0.4, -0.2) is 16.0 Å². The lowest BCUT2D eigenvalue weighted by molar-refractivity contribution is -0.387. The summed E-state index contributed by atoms with van der Waals surface area (Å²) in [5.74, 6) is -1.38. The van der Waals surface area contributed by atoms with Gasteiger partial charge in [0.1, 0.15) is 11.6 Å². The maximum atomic E-state index is 11.3. The summed E-state index contributed by atoms with van der Waals surface area (Å²) in [4.78, 5) is 22.9. The summed E-state index contributed by atoms with van der Waals surface area (Å²) in [6.07, 6.45) is 1.11. The molecule has 0 heterocycles. The minimum atomic E-state index is -1.38. The van der Waals surface area contributed by atoms with E-state index in [1.807, 2.05) is 31.2 Å². The highest BCUT2D eigenvalue weighted by Crippen LogP contribution is 2.35. The molecule has 0 fully saturated rings. The predicted octanol–water partition coefficient (Wildman–Crippen LogP) is 4.05. The summed E-state index contributed by atoms with van der Waals surface area (Å²) in [6.45, 7) is 1.95. The molecule has 24 heavy (non-hydrogen) atoms. The number of aryl methyl sites for hydroxylation is 1. The van der Waals surface area contributed by atoms with Crippen molar-refractivity contribution in [2.75, 3.05) is 0 Å². The Hall–Kier alpha value is -3.11. The number of nitrogens with zero attached hydrogens (tertiary/aromatic N) is 2. The number of carbonyl (C=O) groups is 1. The van der Waals surface area contributed by atoms with Crippen molar-refractivity contribution in [1.82, 2.24) is 0 Å². The fourth-order valence-corrected chi connectivity index (χ4v) is 2.80. The minimum Gasteiger partial charge on any atom is -0.477 e. The van der Waals surface area contributed by atoms with Crippen LogP contribution in [0, 0.1) is 28.4 Å². The number of benzene rings is 2. The van der Waals surface area contributed by atoms with Gasteiger partial charge in [0.05, 0.1) is 9.82 Å². The van der Waals surface area contributed by atoms with Crippen molar-refractivity contribution in [3.8, 4) is 6.07 Å². The number of aliphatic carboxylic acids is 1. The van der Waals surface area contributed by atoms with Crippen LogP contribution in [0.25, 0.3) is 6.08 Å². The van der Waals surface area contributed by atoms with E-state index in [9.17, 15) is 14.9 Å². The van der Waals surface area contributed by atoms with E-state index in [1.54, 1.807) is 18.2 Å². The fraction of sp³-hybridized carbons (Fsp3) is 0.0588. The Morgan fingerprint density at radius 2 is 1.96 bits per heavy atom. The van der Waals surface area contributed by atoms with Crippen LogP contribution < -0.4 is 0 Å². The van der Waals surface area contributed by atoms with Crippen LogP contribution in [0.4, 0.5) is 5.69 Å². The quantitative estimate of drug-likeness (QED) is 0.381. The van der Waals surface area contributed by atoms with Gasteiger partial charge in [0.25, 0.3) is 5.69 Å². The van der Waals surface area contributed by atoms with E-state index in [-0.39, 0.29) is 11.3 Å². The van der Waals surface area contributed by atoms with Crippen molar-refractivity contribution in [1.29, 1.82) is 5.26 Å². The molecule has 2 aromatic carbocycles. The number of nitriles is 1. The first-order valence-electron chi connectivity index (χ1n) is 6.79. The molecule has 6 nitrogen and oxygen atoms in total. The molecular formula is C17H12N2O4S. The largest absolute Gasteiger partial charge is 0.477 e. The second-order valence-corrected chi connectivity index (χ2v) is 5.99. The van der Waals surface area contributed by atoms with E-state index in [2.05, 4.69) is 0 Å². The average Bonchev–Trinajstić information content (AvgIpc) is 2.55. The Balaban J connectivity index is 2.40. The van der Waals surface area contributed by atoms with Crippen LogP contribution >= 0.6 is 11.8 Å². The molecule has 0 atom stereocenters. The molecule has 0 unspecified atom stereocenters. The first-order chi connectivity index (χ1) is 11.4. The lowest BCUT2D eigenvalue weighted by Crippen LogP contribution is -1.98. The van der Waals surface area contributed by atoms with Crippen LogP contribution in [0.2, 0.25) is 0 Å². The predicted molar refractivity (Wildman–Crippen MR) is 89.6 cm³/mol. The highest BCUT2D eigenvalue weighted by molar-refractivity contribution is 7.99. The molecule has 0 spiro atoms. The molecule has 0 aliphatic rings. The standard InChI is InChI=1S/C17H12N2O4S/c1-11-2-5-14(6-3-11)24-16-7-4-12(9-15(16)19(22)23)8-13(10-18)17(20)21/h2-9H,1H3,(H,20,21)/b13-8-. The van der Waals surface area contributed by atoms with Gasteiger partial charge in [-0.2, -0.15) is 5.26 Å². The lowest BCUT2D eigenvalue weighted by Gasteiger charge is -2.05. The average molecular weight is 340 g/mol. The highest BCUT2D eigenvalue weighted by atomic mass is 32.2.